The number of ether oxygens (including phenoxy) is 1. The first-order valence-electron chi connectivity index (χ1n) is 8.08. The van der Waals surface area contributed by atoms with Gasteiger partial charge >= 0.3 is 0 Å². The maximum absolute atomic E-state index is 13.7. The number of hydrogen-bond donors (Lipinski definition) is 1. The van der Waals surface area contributed by atoms with E-state index in [0.29, 0.717) is 17.7 Å². The molecule has 0 amide bonds. The molecule has 1 aromatic rings. The number of halogens is 1. The number of hydrogen-bond acceptors (Lipinski definition) is 3. The molecule has 0 aromatic heterocycles. The Morgan fingerprint density at radius 3 is 2.62 bits per heavy atom. The molecular formula is C17H25FN2O. The van der Waals surface area contributed by atoms with Gasteiger partial charge in [0.25, 0.3) is 0 Å². The maximum atomic E-state index is 13.7. The molecule has 1 saturated heterocycles. The number of nitrogens with one attached hydrogen (secondary N) is 1. The molecule has 21 heavy (non-hydrogen) atoms. The molecule has 2 aliphatic rings. The van der Waals surface area contributed by atoms with Crippen LogP contribution in [0.15, 0.2) is 18.2 Å². The van der Waals surface area contributed by atoms with Crippen molar-refractivity contribution in [2.24, 2.45) is 5.92 Å². The summed E-state index contributed by atoms with van der Waals surface area (Å²) in [5.74, 6) is 0.788. The number of benzene rings is 1. The first-order valence-corrected chi connectivity index (χ1v) is 8.08. The van der Waals surface area contributed by atoms with E-state index in [1.165, 1.54) is 38.4 Å². The second-order valence-electron chi connectivity index (χ2n) is 6.17. The fourth-order valence-electron chi connectivity index (χ4n) is 3.87. The molecule has 3 rings (SSSR count). The predicted octanol–water partition coefficient (Wildman–Crippen LogP) is 2.97. The van der Waals surface area contributed by atoms with Gasteiger partial charge in [-0.2, -0.15) is 0 Å². The summed E-state index contributed by atoms with van der Waals surface area (Å²) in [7, 11) is 1.54. The minimum atomic E-state index is -0.272. The van der Waals surface area contributed by atoms with Crippen molar-refractivity contribution in [3.05, 3.63) is 29.6 Å². The third-order valence-electron chi connectivity index (χ3n) is 4.91. The van der Waals surface area contributed by atoms with Crippen LogP contribution < -0.4 is 10.1 Å². The van der Waals surface area contributed by atoms with E-state index in [9.17, 15) is 4.39 Å². The van der Waals surface area contributed by atoms with Gasteiger partial charge in [0, 0.05) is 32.2 Å². The van der Waals surface area contributed by atoms with Crippen LogP contribution in [0.3, 0.4) is 0 Å². The lowest BCUT2D eigenvalue weighted by Crippen LogP contribution is -2.46. The first kappa shape index (κ1) is 14.8. The minimum absolute atomic E-state index is 0.272. The Bertz CT molecular complexity index is 468. The van der Waals surface area contributed by atoms with Gasteiger partial charge in [0.15, 0.2) is 11.6 Å². The van der Waals surface area contributed by atoms with Crippen molar-refractivity contribution in [2.75, 3.05) is 33.3 Å². The van der Waals surface area contributed by atoms with Crippen molar-refractivity contribution in [3.8, 4) is 5.75 Å². The Balaban J connectivity index is 1.89. The van der Waals surface area contributed by atoms with Gasteiger partial charge in [0.1, 0.15) is 0 Å². The van der Waals surface area contributed by atoms with Crippen LogP contribution >= 0.6 is 0 Å². The summed E-state index contributed by atoms with van der Waals surface area (Å²) in [6, 6.07) is 5.81. The highest BCUT2D eigenvalue weighted by Crippen LogP contribution is 2.40. The van der Waals surface area contributed by atoms with Gasteiger partial charge in [0.2, 0.25) is 0 Å². The lowest BCUT2D eigenvalue weighted by molar-refractivity contribution is 0.125. The Labute approximate surface area is 126 Å². The van der Waals surface area contributed by atoms with Gasteiger partial charge in [-0.05, 0) is 36.5 Å². The zero-order valence-electron chi connectivity index (χ0n) is 12.8. The zero-order valence-corrected chi connectivity index (χ0v) is 12.8. The second kappa shape index (κ2) is 6.75. The van der Waals surface area contributed by atoms with E-state index < -0.39 is 0 Å². The van der Waals surface area contributed by atoms with Crippen LogP contribution in [0.1, 0.15) is 37.3 Å². The van der Waals surface area contributed by atoms with E-state index in [-0.39, 0.29) is 5.82 Å². The topological polar surface area (TPSA) is 24.5 Å². The first-order chi connectivity index (χ1) is 10.3. The fraction of sp³-hybridized carbons (Fsp3) is 0.647. The van der Waals surface area contributed by atoms with Crippen molar-refractivity contribution in [1.82, 2.24) is 10.2 Å². The van der Waals surface area contributed by atoms with E-state index >= 15 is 0 Å². The molecule has 4 heteroatoms. The highest BCUT2D eigenvalue weighted by atomic mass is 19.1. The molecule has 116 valence electrons. The Hall–Kier alpha value is -1.13. The van der Waals surface area contributed by atoms with Crippen LogP contribution in [0.2, 0.25) is 0 Å². The SMILES string of the molecule is COc1cc([C@H](C2CCCC2)N2CCNCC2)ccc1F. The molecule has 1 heterocycles. The molecule has 1 aliphatic carbocycles. The number of piperazine rings is 1. The molecule has 3 nitrogen and oxygen atoms in total. The second-order valence-corrected chi connectivity index (χ2v) is 6.17. The molecule has 1 N–H and O–H groups in total. The van der Waals surface area contributed by atoms with Crippen molar-refractivity contribution in [3.63, 3.8) is 0 Å². The fourth-order valence-corrected chi connectivity index (χ4v) is 3.87. The number of nitrogens with zero attached hydrogens (tertiary/aromatic N) is 1. The Morgan fingerprint density at radius 2 is 1.95 bits per heavy atom. The quantitative estimate of drug-likeness (QED) is 0.923. The van der Waals surface area contributed by atoms with E-state index in [1.54, 1.807) is 6.07 Å². The van der Waals surface area contributed by atoms with Gasteiger partial charge < -0.3 is 10.1 Å². The molecule has 0 radical (unpaired) electrons. The van der Waals surface area contributed by atoms with Crippen LogP contribution in [0.25, 0.3) is 0 Å². The summed E-state index contributed by atoms with van der Waals surface area (Å²) in [5, 5.41) is 3.42. The van der Waals surface area contributed by atoms with E-state index in [1.807, 2.05) is 12.1 Å². The third-order valence-corrected chi connectivity index (χ3v) is 4.91. The van der Waals surface area contributed by atoms with Gasteiger partial charge in [-0.1, -0.05) is 18.9 Å². The molecule has 1 saturated carbocycles. The highest BCUT2D eigenvalue weighted by Gasteiger charge is 2.32. The summed E-state index contributed by atoms with van der Waals surface area (Å²) in [6.45, 7) is 4.23. The molecule has 1 aliphatic heterocycles. The van der Waals surface area contributed by atoms with Crippen LogP contribution in [-0.4, -0.2) is 38.2 Å². The number of methoxy groups -OCH3 is 1. The van der Waals surface area contributed by atoms with Crippen molar-refractivity contribution >= 4 is 0 Å². The van der Waals surface area contributed by atoms with E-state index in [4.69, 9.17) is 4.74 Å². The summed E-state index contributed by atoms with van der Waals surface area (Å²) >= 11 is 0. The predicted molar refractivity (Wildman–Crippen MR) is 82.1 cm³/mol. The largest absolute Gasteiger partial charge is 0.494 e. The zero-order chi connectivity index (χ0) is 14.7. The summed E-state index contributed by atoms with van der Waals surface area (Å²) in [4.78, 5) is 2.57. The van der Waals surface area contributed by atoms with E-state index in [0.717, 1.165) is 26.2 Å². The van der Waals surface area contributed by atoms with Gasteiger partial charge in [-0.15, -0.1) is 0 Å². The Morgan fingerprint density at radius 1 is 1.24 bits per heavy atom. The molecule has 2 fully saturated rings. The number of rotatable bonds is 4. The molecule has 0 bridgehead atoms. The van der Waals surface area contributed by atoms with Crippen LogP contribution in [0, 0.1) is 11.7 Å². The minimum Gasteiger partial charge on any atom is -0.494 e. The molecule has 1 atom stereocenters. The smallest absolute Gasteiger partial charge is 0.165 e. The average molecular weight is 292 g/mol. The molecule has 0 spiro atoms. The van der Waals surface area contributed by atoms with Crippen molar-refractivity contribution in [1.29, 1.82) is 0 Å². The van der Waals surface area contributed by atoms with Crippen LogP contribution in [-0.2, 0) is 0 Å². The monoisotopic (exact) mass is 292 g/mol. The molecule has 1 aromatic carbocycles. The van der Waals surface area contributed by atoms with Crippen LogP contribution in [0.4, 0.5) is 4.39 Å². The summed E-state index contributed by atoms with van der Waals surface area (Å²) < 4.78 is 18.9. The molecular weight excluding hydrogens is 267 g/mol. The summed E-state index contributed by atoms with van der Waals surface area (Å²) in [5.41, 5.74) is 1.21. The maximum Gasteiger partial charge on any atom is 0.165 e. The normalized spacial score (nSPS) is 22.4. The van der Waals surface area contributed by atoms with Crippen molar-refractivity contribution in [2.45, 2.75) is 31.7 Å². The summed E-state index contributed by atoms with van der Waals surface area (Å²) in [6.07, 6.45) is 5.22. The molecule has 0 unspecified atom stereocenters. The lowest BCUT2D eigenvalue weighted by atomic mass is 9.89. The lowest BCUT2D eigenvalue weighted by Gasteiger charge is -2.38. The van der Waals surface area contributed by atoms with Crippen molar-refractivity contribution < 1.29 is 9.13 Å². The standard InChI is InChI=1S/C17H25FN2O/c1-21-16-12-14(6-7-15(16)18)17(13-4-2-3-5-13)20-10-8-19-9-11-20/h6-7,12-13,17,19H,2-5,8-11H2,1H3/t17-/m0/s1. The van der Waals surface area contributed by atoms with Crippen LogP contribution in [0.5, 0.6) is 5.75 Å². The average Bonchev–Trinajstić information content (AvgIpc) is 3.04. The Kier molecular flexibility index (Phi) is 4.76. The van der Waals surface area contributed by atoms with Gasteiger partial charge in [-0.3, -0.25) is 4.90 Å². The third kappa shape index (κ3) is 3.22. The van der Waals surface area contributed by atoms with E-state index in [2.05, 4.69) is 10.2 Å². The van der Waals surface area contributed by atoms with Gasteiger partial charge in [-0.25, -0.2) is 4.39 Å². The van der Waals surface area contributed by atoms with Gasteiger partial charge in [0.05, 0.1) is 7.11 Å². The highest BCUT2D eigenvalue weighted by molar-refractivity contribution is 5.32.